The summed E-state index contributed by atoms with van der Waals surface area (Å²) in [6, 6.07) is 5.26. The molecule has 0 aliphatic carbocycles. The largest absolute Gasteiger partial charge is 0.462 e. The molecule has 1 N–H and O–H groups in total. The maximum Gasteiger partial charge on any atom is 0.338 e. The van der Waals surface area contributed by atoms with Crippen molar-refractivity contribution in [2.45, 2.75) is 38.2 Å². The highest BCUT2D eigenvalue weighted by Gasteiger charge is 2.27. The molecule has 0 aliphatic heterocycles. The summed E-state index contributed by atoms with van der Waals surface area (Å²) in [7, 11) is -3.34. The average Bonchev–Trinajstić information content (AvgIpc) is 2.56. The highest BCUT2D eigenvalue weighted by molar-refractivity contribution is 7.90. The van der Waals surface area contributed by atoms with Gasteiger partial charge in [-0.15, -0.1) is 0 Å². The molecule has 1 aromatic carbocycles. The fourth-order valence-electron chi connectivity index (χ4n) is 1.65. The third-order valence-corrected chi connectivity index (χ3v) is 4.90. The van der Waals surface area contributed by atoms with Crippen LogP contribution in [0.1, 0.15) is 37.6 Å². The summed E-state index contributed by atoms with van der Waals surface area (Å²) < 4.78 is 32.6. The zero-order valence-electron chi connectivity index (χ0n) is 14.8. The summed E-state index contributed by atoms with van der Waals surface area (Å²) in [5.41, 5.74) is -0.485. The summed E-state index contributed by atoms with van der Waals surface area (Å²) in [5.74, 6) is -1.14. The summed E-state index contributed by atoms with van der Waals surface area (Å²) in [6.07, 6.45) is 0.522. The summed E-state index contributed by atoms with van der Waals surface area (Å²) in [5, 5.41) is 9.75. The van der Waals surface area contributed by atoms with Gasteiger partial charge in [-0.25, -0.2) is 13.2 Å². The Kier molecular flexibility index (Phi) is 7.13. The number of carbonyl (C=O) groups excluding carboxylic acids is 2. The molecule has 0 saturated carbocycles. The number of esters is 2. The summed E-state index contributed by atoms with van der Waals surface area (Å²) in [6.45, 7) is 4.72. The smallest absolute Gasteiger partial charge is 0.338 e. The number of benzene rings is 1. The first-order chi connectivity index (χ1) is 11.5. The number of aliphatic hydroxyl groups is 1. The van der Waals surface area contributed by atoms with E-state index in [0.717, 1.165) is 6.26 Å². The first kappa shape index (κ1) is 21.1. The van der Waals surface area contributed by atoms with Gasteiger partial charge in [-0.2, -0.15) is 0 Å². The van der Waals surface area contributed by atoms with E-state index in [0.29, 0.717) is 6.42 Å². The monoisotopic (exact) mass is 372 g/mol. The lowest BCUT2D eigenvalue weighted by molar-refractivity contribution is -0.157. The molecule has 1 rings (SSSR count). The van der Waals surface area contributed by atoms with Crippen molar-refractivity contribution in [1.29, 1.82) is 0 Å². The minimum atomic E-state index is -3.34. The molecule has 7 nitrogen and oxygen atoms in total. The second-order valence-electron chi connectivity index (χ2n) is 6.38. The Hall–Kier alpha value is -1.93. The number of hydrogen-bond acceptors (Lipinski definition) is 7. The highest BCUT2D eigenvalue weighted by Crippen LogP contribution is 2.21. The number of aliphatic hydroxyl groups excluding tert-OH is 1. The molecule has 8 heteroatoms. The Labute approximate surface area is 147 Å². The number of ether oxygens (including phenoxy) is 2. The van der Waals surface area contributed by atoms with Crippen molar-refractivity contribution in [2.75, 3.05) is 19.5 Å². The van der Waals surface area contributed by atoms with E-state index in [1.165, 1.54) is 24.3 Å². The fraction of sp³-hybridized carbons (Fsp3) is 0.529. The van der Waals surface area contributed by atoms with Crippen LogP contribution in [0.3, 0.4) is 0 Å². The average molecular weight is 372 g/mol. The quantitative estimate of drug-likeness (QED) is 0.691. The Bertz CT molecular complexity index is 705. The van der Waals surface area contributed by atoms with Crippen molar-refractivity contribution in [3.05, 3.63) is 29.8 Å². The second kappa shape index (κ2) is 8.44. The number of carbonyl (C=O) groups is 2. The normalized spacial score (nSPS) is 13.2. The third-order valence-electron chi connectivity index (χ3n) is 3.77. The standard InChI is InChI=1S/C17H24O7S/c1-5-17(2,3)16(20)24-11-13(18)10-23-15(19)12-6-8-14(9-7-12)25(4,21)22/h6-9,13,18H,5,10-11H2,1-4H3. The van der Waals surface area contributed by atoms with E-state index in [1.54, 1.807) is 13.8 Å². The Balaban J connectivity index is 2.49. The van der Waals surface area contributed by atoms with Gasteiger partial charge < -0.3 is 14.6 Å². The van der Waals surface area contributed by atoms with Gasteiger partial charge >= 0.3 is 11.9 Å². The first-order valence-electron chi connectivity index (χ1n) is 7.80. The van der Waals surface area contributed by atoms with Gasteiger partial charge in [-0.05, 0) is 44.5 Å². The van der Waals surface area contributed by atoms with Gasteiger partial charge in [-0.3, -0.25) is 4.79 Å². The van der Waals surface area contributed by atoms with E-state index in [2.05, 4.69) is 0 Å². The maximum absolute atomic E-state index is 11.9. The van der Waals surface area contributed by atoms with Gasteiger partial charge in [-0.1, -0.05) is 6.92 Å². The van der Waals surface area contributed by atoms with E-state index < -0.39 is 33.3 Å². The van der Waals surface area contributed by atoms with E-state index in [9.17, 15) is 23.1 Å². The molecule has 0 radical (unpaired) electrons. The number of hydrogen-bond donors (Lipinski definition) is 1. The molecular weight excluding hydrogens is 348 g/mol. The lowest BCUT2D eigenvalue weighted by Crippen LogP contribution is -2.31. The number of sulfone groups is 1. The molecule has 0 aliphatic rings. The molecule has 0 saturated heterocycles. The molecule has 1 aromatic rings. The summed E-state index contributed by atoms with van der Waals surface area (Å²) >= 11 is 0. The molecule has 0 spiro atoms. The van der Waals surface area contributed by atoms with Crippen molar-refractivity contribution >= 4 is 21.8 Å². The Morgan fingerprint density at radius 3 is 2.12 bits per heavy atom. The minimum Gasteiger partial charge on any atom is -0.462 e. The fourth-order valence-corrected chi connectivity index (χ4v) is 2.28. The molecule has 0 fully saturated rings. The zero-order valence-corrected chi connectivity index (χ0v) is 15.6. The predicted octanol–water partition coefficient (Wildman–Crippen LogP) is 1.59. The Morgan fingerprint density at radius 2 is 1.64 bits per heavy atom. The van der Waals surface area contributed by atoms with Crippen molar-refractivity contribution in [2.24, 2.45) is 5.41 Å². The molecule has 0 bridgehead atoms. The predicted molar refractivity (Wildman–Crippen MR) is 90.9 cm³/mol. The van der Waals surface area contributed by atoms with Crippen molar-refractivity contribution in [1.82, 2.24) is 0 Å². The minimum absolute atomic E-state index is 0.0922. The van der Waals surface area contributed by atoms with Crippen LogP contribution in [0.25, 0.3) is 0 Å². The number of rotatable bonds is 8. The van der Waals surface area contributed by atoms with Gasteiger partial charge in [0.1, 0.15) is 19.3 Å². The van der Waals surface area contributed by atoms with Gasteiger partial charge in [0.15, 0.2) is 9.84 Å². The molecular formula is C17H24O7S. The topological polar surface area (TPSA) is 107 Å². The van der Waals surface area contributed by atoms with Crippen LogP contribution >= 0.6 is 0 Å². The van der Waals surface area contributed by atoms with Crippen molar-refractivity contribution in [3.63, 3.8) is 0 Å². The van der Waals surface area contributed by atoms with E-state index in [4.69, 9.17) is 9.47 Å². The Morgan fingerprint density at radius 1 is 1.12 bits per heavy atom. The highest BCUT2D eigenvalue weighted by atomic mass is 32.2. The van der Waals surface area contributed by atoms with E-state index in [1.807, 2.05) is 6.92 Å². The van der Waals surface area contributed by atoms with Gasteiger partial charge in [0.25, 0.3) is 0 Å². The zero-order chi connectivity index (χ0) is 19.3. The van der Waals surface area contributed by atoms with Crippen LogP contribution in [0.15, 0.2) is 29.2 Å². The van der Waals surface area contributed by atoms with Crippen LogP contribution in [0.5, 0.6) is 0 Å². The maximum atomic E-state index is 11.9. The van der Waals surface area contributed by atoms with Crippen LogP contribution in [-0.2, 0) is 24.1 Å². The first-order valence-corrected chi connectivity index (χ1v) is 9.69. The molecule has 1 unspecified atom stereocenters. The summed E-state index contributed by atoms with van der Waals surface area (Å²) in [4.78, 5) is 23.7. The van der Waals surface area contributed by atoms with Crippen molar-refractivity contribution < 1.29 is 32.6 Å². The van der Waals surface area contributed by atoms with E-state index in [-0.39, 0.29) is 23.7 Å². The van der Waals surface area contributed by atoms with Gasteiger partial charge in [0, 0.05) is 6.26 Å². The lowest BCUT2D eigenvalue weighted by Gasteiger charge is -2.21. The van der Waals surface area contributed by atoms with E-state index >= 15 is 0 Å². The third kappa shape index (κ3) is 6.47. The molecule has 0 aromatic heterocycles. The molecule has 140 valence electrons. The second-order valence-corrected chi connectivity index (χ2v) is 8.40. The lowest BCUT2D eigenvalue weighted by atomic mass is 9.91. The SMILES string of the molecule is CCC(C)(C)C(=O)OCC(O)COC(=O)c1ccc(S(C)(=O)=O)cc1. The molecule has 0 heterocycles. The van der Waals surface area contributed by atoms with Crippen LogP contribution in [0.4, 0.5) is 0 Å². The van der Waals surface area contributed by atoms with Crippen molar-refractivity contribution in [3.8, 4) is 0 Å². The molecule has 0 amide bonds. The van der Waals surface area contributed by atoms with Crippen LogP contribution in [0, 0.1) is 5.41 Å². The molecule has 1 atom stereocenters. The van der Waals surface area contributed by atoms with Gasteiger partial charge in [0.2, 0.25) is 0 Å². The molecule has 25 heavy (non-hydrogen) atoms. The van der Waals surface area contributed by atoms with Crippen LogP contribution < -0.4 is 0 Å². The van der Waals surface area contributed by atoms with Gasteiger partial charge in [0.05, 0.1) is 15.9 Å². The van der Waals surface area contributed by atoms with Crippen LogP contribution in [-0.4, -0.2) is 51.0 Å². The van der Waals surface area contributed by atoms with Crippen LogP contribution in [0.2, 0.25) is 0 Å².